The van der Waals surface area contributed by atoms with E-state index in [2.05, 4.69) is 5.32 Å². The molecule has 7 heteroatoms. The Bertz CT molecular complexity index is 449. The number of urea groups is 1. The minimum Gasteiger partial charge on any atom is -0.479 e. The molecule has 2 heterocycles. The fourth-order valence-electron chi connectivity index (χ4n) is 2.06. The van der Waals surface area contributed by atoms with Gasteiger partial charge in [-0.25, -0.2) is 9.59 Å². The number of piperidine rings is 1. The molecule has 1 fully saturated rings. The van der Waals surface area contributed by atoms with Crippen molar-refractivity contribution in [3.05, 3.63) is 22.4 Å². The second-order valence-corrected chi connectivity index (χ2v) is 5.46. The molecule has 2 rings (SSSR count). The summed E-state index contributed by atoms with van der Waals surface area (Å²) in [5.41, 5.74) is 0. The van der Waals surface area contributed by atoms with Gasteiger partial charge in [0.2, 0.25) is 0 Å². The zero-order valence-corrected chi connectivity index (χ0v) is 11.1. The van der Waals surface area contributed by atoms with Crippen LogP contribution < -0.4 is 5.32 Å². The average molecular weight is 284 g/mol. The Morgan fingerprint density at radius 1 is 1.53 bits per heavy atom. The van der Waals surface area contributed by atoms with Crippen LogP contribution in [0.1, 0.15) is 23.8 Å². The molecule has 6 nitrogen and oxygen atoms in total. The van der Waals surface area contributed by atoms with Crippen LogP contribution in [0, 0.1) is 0 Å². The first kappa shape index (κ1) is 13.8. The summed E-state index contributed by atoms with van der Waals surface area (Å²) in [7, 11) is 0. The first-order valence-electron chi connectivity index (χ1n) is 6.07. The van der Waals surface area contributed by atoms with Crippen molar-refractivity contribution in [2.75, 3.05) is 13.1 Å². The van der Waals surface area contributed by atoms with Crippen LogP contribution in [0.3, 0.4) is 0 Å². The molecule has 0 bridgehead atoms. The lowest BCUT2D eigenvalue weighted by Crippen LogP contribution is -2.48. The standard InChI is InChI=1S/C12H16N2O4S/c15-8-3-1-5-14(7-8)12(18)13-10(11(16)17)9-4-2-6-19-9/h2,4,6,8,10,15H,1,3,5,7H2,(H,13,18)(H,16,17). The minimum atomic E-state index is -1.09. The first-order chi connectivity index (χ1) is 9.08. The number of carbonyl (C=O) groups is 2. The number of hydrogen-bond donors (Lipinski definition) is 3. The predicted molar refractivity (Wildman–Crippen MR) is 70.0 cm³/mol. The lowest BCUT2D eigenvalue weighted by molar-refractivity contribution is -0.139. The van der Waals surface area contributed by atoms with Gasteiger partial charge in [-0.1, -0.05) is 6.07 Å². The number of nitrogens with one attached hydrogen (secondary N) is 1. The molecule has 3 N–H and O–H groups in total. The van der Waals surface area contributed by atoms with E-state index in [0.717, 1.165) is 6.42 Å². The third-order valence-corrected chi connectivity index (χ3v) is 3.96. The molecule has 2 unspecified atom stereocenters. The molecule has 1 aliphatic heterocycles. The van der Waals surface area contributed by atoms with Crippen LogP contribution in [0.15, 0.2) is 17.5 Å². The maximum Gasteiger partial charge on any atom is 0.331 e. The second kappa shape index (κ2) is 6.03. The van der Waals surface area contributed by atoms with Crippen molar-refractivity contribution in [1.29, 1.82) is 0 Å². The zero-order chi connectivity index (χ0) is 13.8. The molecule has 0 radical (unpaired) electrons. The Kier molecular flexibility index (Phi) is 4.39. The average Bonchev–Trinajstić information content (AvgIpc) is 2.88. The summed E-state index contributed by atoms with van der Waals surface area (Å²) in [5.74, 6) is -1.09. The van der Waals surface area contributed by atoms with E-state index in [1.807, 2.05) is 0 Å². The molecule has 0 spiro atoms. The Labute approximate surface area is 114 Å². The molecule has 0 aliphatic carbocycles. The van der Waals surface area contributed by atoms with E-state index in [1.165, 1.54) is 16.2 Å². The van der Waals surface area contributed by atoms with E-state index < -0.39 is 24.1 Å². The maximum absolute atomic E-state index is 12.0. The summed E-state index contributed by atoms with van der Waals surface area (Å²) in [6.07, 6.45) is 0.882. The van der Waals surface area contributed by atoms with Gasteiger partial charge in [-0.3, -0.25) is 0 Å². The number of carbonyl (C=O) groups excluding carboxylic acids is 1. The highest BCUT2D eigenvalue weighted by molar-refractivity contribution is 7.10. The molecule has 19 heavy (non-hydrogen) atoms. The summed E-state index contributed by atoms with van der Waals surface area (Å²) in [6.45, 7) is 0.794. The quantitative estimate of drug-likeness (QED) is 0.773. The lowest BCUT2D eigenvalue weighted by atomic mass is 10.1. The smallest absolute Gasteiger partial charge is 0.331 e. The summed E-state index contributed by atoms with van der Waals surface area (Å²) < 4.78 is 0. The third kappa shape index (κ3) is 3.45. The molecule has 2 amide bonds. The Balaban J connectivity index is 2.01. The molecule has 104 valence electrons. The van der Waals surface area contributed by atoms with E-state index >= 15 is 0 Å². The van der Waals surface area contributed by atoms with Crippen molar-refractivity contribution in [1.82, 2.24) is 10.2 Å². The number of thiophene rings is 1. The monoisotopic (exact) mass is 284 g/mol. The van der Waals surface area contributed by atoms with Gasteiger partial charge in [0.25, 0.3) is 0 Å². The van der Waals surface area contributed by atoms with Gasteiger partial charge in [0.15, 0.2) is 6.04 Å². The number of hydrogen-bond acceptors (Lipinski definition) is 4. The highest BCUT2D eigenvalue weighted by Crippen LogP contribution is 2.20. The maximum atomic E-state index is 12.0. The molecule has 1 aromatic heterocycles. The van der Waals surface area contributed by atoms with Crippen LogP contribution in [0.2, 0.25) is 0 Å². The summed E-state index contributed by atoms with van der Waals surface area (Å²) in [6, 6.07) is 1.94. The number of β-amino-alcohol motifs (C(OH)–C–C–N with tert-alkyl or cyclic N) is 1. The van der Waals surface area contributed by atoms with Gasteiger partial charge in [-0.15, -0.1) is 11.3 Å². The van der Waals surface area contributed by atoms with E-state index in [4.69, 9.17) is 5.11 Å². The molecule has 1 saturated heterocycles. The molecule has 0 saturated carbocycles. The van der Waals surface area contributed by atoms with Gasteiger partial charge < -0.3 is 20.4 Å². The van der Waals surface area contributed by atoms with Crippen molar-refractivity contribution in [2.45, 2.75) is 25.0 Å². The fraction of sp³-hybridized carbons (Fsp3) is 0.500. The van der Waals surface area contributed by atoms with Crippen LogP contribution >= 0.6 is 11.3 Å². The number of nitrogens with zero attached hydrogens (tertiary/aromatic N) is 1. The van der Waals surface area contributed by atoms with Crippen molar-refractivity contribution >= 4 is 23.3 Å². The third-order valence-electron chi connectivity index (χ3n) is 3.03. The topological polar surface area (TPSA) is 89.9 Å². The normalized spacial score (nSPS) is 20.9. The van der Waals surface area contributed by atoms with E-state index in [9.17, 15) is 14.7 Å². The van der Waals surface area contributed by atoms with E-state index in [1.54, 1.807) is 17.5 Å². The predicted octanol–water partition coefficient (Wildman–Crippen LogP) is 1.04. The molecule has 2 atom stereocenters. The number of carboxylic acid groups (broad SMARTS) is 1. The van der Waals surface area contributed by atoms with Crippen LogP contribution in [-0.4, -0.2) is 46.3 Å². The highest BCUT2D eigenvalue weighted by atomic mass is 32.1. The zero-order valence-electron chi connectivity index (χ0n) is 10.3. The number of aliphatic hydroxyl groups is 1. The fourth-order valence-corrected chi connectivity index (χ4v) is 2.83. The second-order valence-electron chi connectivity index (χ2n) is 4.48. The van der Waals surface area contributed by atoms with Crippen LogP contribution in [0.25, 0.3) is 0 Å². The van der Waals surface area contributed by atoms with Crippen molar-refractivity contribution in [3.8, 4) is 0 Å². The van der Waals surface area contributed by atoms with Gasteiger partial charge in [0.1, 0.15) is 0 Å². The minimum absolute atomic E-state index is 0.253. The van der Waals surface area contributed by atoms with E-state index in [0.29, 0.717) is 17.8 Å². The van der Waals surface area contributed by atoms with Gasteiger partial charge in [-0.2, -0.15) is 0 Å². The van der Waals surface area contributed by atoms with Crippen LogP contribution in [0.4, 0.5) is 4.79 Å². The molecule has 0 aromatic carbocycles. The number of aliphatic carboxylic acids is 1. The summed E-state index contributed by atoms with van der Waals surface area (Å²) in [5, 5.41) is 22.9. The van der Waals surface area contributed by atoms with E-state index in [-0.39, 0.29) is 6.54 Å². The molecule has 1 aromatic rings. The van der Waals surface area contributed by atoms with Gasteiger partial charge in [0, 0.05) is 18.0 Å². The summed E-state index contributed by atoms with van der Waals surface area (Å²) in [4.78, 5) is 25.2. The largest absolute Gasteiger partial charge is 0.479 e. The van der Waals surface area contributed by atoms with Gasteiger partial charge >= 0.3 is 12.0 Å². The van der Waals surface area contributed by atoms with Crippen LogP contribution in [0.5, 0.6) is 0 Å². The van der Waals surface area contributed by atoms with Gasteiger partial charge in [0.05, 0.1) is 6.10 Å². The molecule has 1 aliphatic rings. The Morgan fingerprint density at radius 2 is 2.32 bits per heavy atom. The SMILES string of the molecule is O=C(O)C(NC(=O)N1CCCC(O)C1)c1cccs1. The van der Waals surface area contributed by atoms with Crippen molar-refractivity contribution < 1.29 is 19.8 Å². The Hall–Kier alpha value is -1.60. The molecular formula is C12H16N2O4S. The highest BCUT2D eigenvalue weighted by Gasteiger charge is 2.28. The lowest BCUT2D eigenvalue weighted by Gasteiger charge is -2.31. The summed E-state index contributed by atoms with van der Waals surface area (Å²) >= 11 is 1.29. The number of carboxylic acids is 1. The van der Waals surface area contributed by atoms with Crippen molar-refractivity contribution in [3.63, 3.8) is 0 Å². The Morgan fingerprint density at radius 3 is 2.89 bits per heavy atom. The first-order valence-corrected chi connectivity index (χ1v) is 6.95. The number of likely N-dealkylation sites (tertiary alicyclic amines) is 1. The number of amides is 2. The van der Waals surface area contributed by atoms with Crippen molar-refractivity contribution in [2.24, 2.45) is 0 Å². The van der Waals surface area contributed by atoms with Crippen LogP contribution in [-0.2, 0) is 4.79 Å². The van der Waals surface area contributed by atoms with Gasteiger partial charge in [-0.05, 0) is 24.3 Å². The number of rotatable bonds is 3. The number of aliphatic hydroxyl groups excluding tert-OH is 1. The molecular weight excluding hydrogens is 268 g/mol.